The van der Waals surface area contributed by atoms with Gasteiger partial charge in [0.25, 0.3) is 5.91 Å². The van der Waals surface area contributed by atoms with Crippen molar-refractivity contribution >= 4 is 5.91 Å². The fourth-order valence-electron chi connectivity index (χ4n) is 1.13. The maximum atomic E-state index is 11.4. The fourth-order valence-corrected chi connectivity index (χ4v) is 1.13. The van der Waals surface area contributed by atoms with Crippen molar-refractivity contribution in [2.24, 2.45) is 7.05 Å². The van der Waals surface area contributed by atoms with Crippen molar-refractivity contribution in [1.82, 2.24) is 15.1 Å². The SMILES string of the molecule is Cn1cc(C(=O)NC2COC2)cn1. The van der Waals surface area contributed by atoms with Gasteiger partial charge in [-0.3, -0.25) is 9.48 Å². The third-order valence-electron chi connectivity index (χ3n) is 1.94. The molecule has 0 aromatic carbocycles. The first-order valence-corrected chi connectivity index (χ1v) is 4.13. The summed E-state index contributed by atoms with van der Waals surface area (Å²) in [6, 6.07) is 0.174. The molecule has 0 bridgehead atoms. The van der Waals surface area contributed by atoms with Gasteiger partial charge in [-0.15, -0.1) is 0 Å². The summed E-state index contributed by atoms with van der Waals surface area (Å²) < 4.78 is 6.54. The summed E-state index contributed by atoms with van der Waals surface area (Å²) in [5.74, 6) is -0.0820. The van der Waals surface area contributed by atoms with E-state index < -0.39 is 0 Å². The Balaban J connectivity index is 1.96. The molecule has 70 valence electrons. The average Bonchev–Trinajstić information content (AvgIpc) is 2.44. The minimum absolute atomic E-state index is 0.0820. The molecule has 1 aromatic rings. The van der Waals surface area contributed by atoms with E-state index in [1.807, 2.05) is 0 Å². The summed E-state index contributed by atoms with van der Waals surface area (Å²) in [4.78, 5) is 11.4. The van der Waals surface area contributed by atoms with Gasteiger partial charge in [0.1, 0.15) is 0 Å². The number of rotatable bonds is 2. The van der Waals surface area contributed by atoms with Crippen LogP contribution in [0.15, 0.2) is 12.4 Å². The van der Waals surface area contributed by atoms with E-state index in [1.54, 1.807) is 24.1 Å². The molecule has 0 aliphatic carbocycles. The number of ether oxygens (including phenoxy) is 1. The minimum Gasteiger partial charge on any atom is -0.377 e. The van der Waals surface area contributed by atoms with Gasteiger partial charge >= 0.3 is 0 Å². The van der Waals surface area contributed by atoms with Crippen LogP contribution in [0, 0.1) is 0 Å². The van der Waals surface area contributed by atoms with Crippen LogP contribution in [0.5, 0.6) is 0 Å². The average molecular weight is 181 g/mol. The van der Waals surface area contributed by atoms with Crippen LogP contribution in [0.4, 0.5) is 0 Å². The first kappa shape index (κ1) is 8.25. The molecule has 1 aromatic heterocycles. The van der Waals surface area contributed by atoms with Crippen LogP contribution in [0.2, 0.25) is 0 Å². The van der Waals surface area contributed by atoms with Crippen molar-refractivity contribution in [2.45, 2.75) is 6.04 Å². The molecule has 0 saturated carbocycles. The number of aryl methyl sites for hydroxylation is 1. The van der Waals surface area contributed by atoms with Gasteiger partial charge in [0, 0.05) is 13.2 Å². The zero-order chi connectivity index (χ0) is 9.26. The van der Waals surface area contributed by atoms with E-state index in [0.29, 0.717) is 18.8 Å². The Kier molecular flexibility index (Phi) is 2.02. The Morgan fingerprint density at radius 3 is 3.00 bits per heavy atom. The van der Waals surface area contributed by atoms with Crippen molar-refractivity contribution < 1.29 is 9.53 Å². The number of nitrogens with zero attached hydrogens (tertiary/aromatic N) is 2. The lowest BCUT2D eigenvalue weighted by Gasteiger charge is -2.26. The smallest absolute Gasteiger partial charge is 0.254 e. The zero-order valence-corrected chi connectivity index (χ0v) is 7.36. The highest BCUT2D eigenvalue weighted by Gasteiger charge is 2.21. The Labute approximate surface area is 75.7 Å². The molecule has 0 unspecified atom stereocenters. The molecule has 5 nitrogen and oxygen atoms in total. The topological polar surface area (TPSA) is 56.2 Å². The number of carbonyl (C=O) groups is 1. The van der Waals surface area contributed by atoms with E-state index in [1.165, 1.54) is 0 Å². The van der Waals surface area contributed by atoms with E-state index in [0.717, 1.165) is 0 Å². The molecule has 0 atom stereocenters. The predicted octanol–water partition coefficient (Wildman–Crippen LogP) is -0.451. The molecular weight excluding hydrogens is 170 g/mol. The number of aromatic nitrogens is 2. The molecule has 2 heterocycles. The van der Waals surface area contributed by atoms with Crippen LogP contribution in [0.25, 0.3) is 0 Å². The largest absolute Gasteiger partial charge is 0.377 e. The first-order chi connectivity index (χ1) is 6.25. The van der Waals surface area contributed by atoms with E-state index in [4.69, 9.17) is 4.74 Å². The maximum absolute atomic E-state index is 11.4. The first-order valence-electron chi connectivity index (χ1n) is 4.13. The Morgan fingerprint density at radius 2 is 2.54 bits per heavy atom. The summed E-state index contributed by atoms with van der Waals surface area (Å²) in [6.07, 6.45) is 3.24. The standard InChI is InChI=1S/C8H11N3O2/c1-11-3-6(2-9-11)8(12)10-7-4-13-5-7/h2-3,7H,4-5H2,1H3,(H,10,12). The highest BCUT2D eigenvalue weighted by Crippen LogP contribution is 2.02. The van der Waals surface area contributed by atoms with Crippen LogP contribution in [0.3, 0.4) is 0 Å². The summed E-state index contributed by atoms with van der Waals surface area (Å²) in [7, 11) is 1.78. The van der Waals surface area contributed by atoms with Crippen molar-refractivity contribution in [3.63, 3.8) is 0 Å². The second kappa shape index (κ2) is 3.18. The predicted molar refractivity (Wildman–Crippen MR) is 45.3 cm³/mol. The fraction of sp³-hybridized carbons (Fsp3) is 0.500. The van der Waals surface area contributed by atoms with Crippen LogP contribution in [-0.2, 0) is 11.8 Å². The van der Waals surface area contributed by atoms with Gasteiger partial charge in [-0.1, -0.05) is 0 Å². The summed E-state index contributed by atoms with van der Waals surface area (Å²) >= 11 is 0. The minimum atomic E-state index is -0.0820. The molecule has 13 heavy (non-hydrogen) atoms. The van der Waals surface area contributed by atoms with E-state index in [9.17, 15) is 4.79 Å². The van der Waals surface area contributed by atoms with Crippen molar-refractivity contribution in [1.29, 1.82) is 0 Å². The number of hydrogen-bond donors (Lipinski definition) is 1. The Morgan fingerprint density at radius 1 is 1.77 bits per heavy atom. The normalized spacial score (nSPS) is 16.7. The lowest BCUT2D eigenvalue weighted by atomic mass is 10.2. The second-order valence-corrected chi connectivity index (χ2v) is 3.11. The van der Waals surface area contributed by atoms with Crippen LogP contribution in [-0.4, -0.2) is 34.9 Å². The van der Waals surface area contributed by atoms with E-state index in [-0.39, 0.29) is 11.9 Å². The molecule has 1 fully saturated rings. The summed E-state index contributed by atoms with van der Waals surface area (Å²) in [5, 5.41) is 6.74. The monoisotopic (exact) mass is 181 g/mol. The number of hydrogen-bond acceptors (Lipinski definition) is 3. The lowest BCUT2D eigenvalue weighted by Crippen LogP contribution is -2.48. The third kappa shape index (κ3) is 1.70. The third-order valence-corrected chi connectivity index (χ3v) is 1.94. The van der Waals surface area contributed by atoms with Crippen LogP contribution >= 0.6 is 0 Å². The van der Waals surface area contributed by atoms with Gasteiger partial charge in [0.15, 0.2) is 0 Å². The molecule has 1 aliphatic heterocycles. The molecule has 1 N–H and O–H groups in total. The van der Waals surface area contributed by atoms with Crippen molar-refractivity contribution in [3.8, 4) is 0 Å². The van der Waals surface area contributed by atoms with Crippen LogP contribution in [0.1, 0.15) is 10.4 Å². The molecule has 1 aliphatic rings. The summed E-state index contributed by atoms with van der Waals surface area (Å²) in [5.41, 5.74) is 0.592. The maximum Gasteiger partial charge on any atom is 0.254 e. The van der Waals surface area contributed by atoms with E-state index >= 15 is 0 Å². The molecule has 1 saturated heterocycles. The Bertz CT molecular complexity index is 317. The van der Waals surface area contributed by atoms with E-state index in [2.05, 4.69) is 10.4 Å². The molecule has 0 radical (unpaired) electrons. The highest BCUT2D eigenvalue weighted by molar-refractivity contribution is 5.93. The van der Waals surface area contributed by atoms with Crippen LogP contribution < -0.4 is 5.32 Å². The molecule has 0 spiro atoms. The molecular formula is C8H11N3O2. The highest BCUT2D eigenvalue weighted by atomic mass is 16.5. The molecule has 2 rings (SSSR count). The summed E-state index contributed by atoms with van der Waals surface area (Å²) in [6.45, 7) is 1.23. The van der Waals surface area contributed by atoms with Gasteiger partial charge in [-0.2, -0.15) is 5.10 Å². The van der Waals surface area contributed by atoms with Gasteiger partial charge in [0.2, 0.25) is 0 Å². The molecule has 5 heteroatoms. The number of nitrogens with one attached hydrogen (secondary N) is 1. The number of carbonyl (C=O) groups excluding carboxylic acids is 1. The zero-order valence-electron chi connectivity index (χ0n) is 7.36. The Hall–Kier alpha value is -1.36. The number of amides is 1. The lowest BCUT2D eigenvalue weighted by molar-refractivity contribution is -0.00346. The van der Waals surface area contributed by atoms with Gasteiger partial charge in [-0.25, -0.2) is 0 Å². The van der Waals surface area contributed by atoms with Gasteiger partial charge in [0.05, 0.1) is 31.0 Å². The molecule has 1 amide bonds. The van der Waals surface area contributed by atoms with Crippen molar-refractivity contribution in [2.75, 3.05) is 13.2 Å². The quantitative estimate of drug-likeness (QED) is 0.672. The van der Waals surface area contributed by atoms with Gasteiger partial charge in [-0.05, 0) is 0 Å². The van der Waals surface area contributed by atoms with Gasteiger partial charge < -0.3 is 10.1 Å². The van der Waals surface area contributed by atoms with Crippen molar-refractivity contribution in [3.05, 3.63) is 18.0 Å². The second-order valence-electron chi connectivity index (χ2n) is 3.11.